The Balaban J connectivity index is 2.07. The maximum Gasteiger partial charge on any atom is 0.326 e. The first-order valence-electron chi connectivity index (χ1n) is 11.5. The topological polar surface area (TPSA) is 142 Å². The first-order chi connectivity index (χ1) is 15.5. The van der Waals surface area contributed by atoms with Gasteiger partial charge >= 0.3 is 5.97 Å². The van der Waals surface area contributed by atoms with Crippen LogP contribution in [0, 0.1) is 11.8 Å². The van der Waals surface area contributed by atoms with Crippen molar-refractivity contribution in [2.45, 2.75) is 71.1 Å². The Labute approximate surface area is 195 Å². The molecule has 1 heterocycles. The highest BCUT2D eigenvalue weighted by Crippen LogP contribution is 2.20. The molecule has 4 unspecified atom stereocenters. The molecule has 33 heavy (non-hydrogen) atoms. The lowest BCUT2D eigenvalue weighted by atomic mass is 9.98. The molecule has 1 aliphatic rings. The summed E-state index contributed by atoms with van der Waals surface area (Å²) in [5.41, 5.74) is 6.97. The number of carbonyl (C=O) groups excluding carboxylic acids is 3. The fourth-order valence-corrected chi connectivity index (χ4v) is 3.98. The molecule has 0 radical (unpaired) electrons. The van der Waals surface area contributed by atoms with Gasteiger partial charge in [-0.05, 0) is 36.7 Å². The van der Waals surface area contributed by atoms with Crippen LogP contribution in [0.5, 0.6) is 0 Å². The summed E-state index contributed by atoms with van der Waals surface area (Å²) in [7, 11) is 0. The van der Waals surface area contributed by atoms with E-state index in [1.54, 1.807) is 27.7 Å². The predicted molar refractivity (Wildman–Crippen MR) is 124 cm³/mol. The van der Waals surface area contributed by atoms with Crippen molar-refractivity contribution >= 4 is 23.7 Å². The molecule has 4 atom stereocenters. The third-order valence-electron chi connectivity index (χ3n) is 5.93. The summed E-state index contributed by atoms with van der Waals surface area (Å²) < 4.78 is 0. The van der Waals surface area contributed by atoms with E-state index in [1.807, 2.05) is 30.3 Å². The molecule has 0 bridgehead atoms. The van der Waals surface area contributed by atoms with Crippen LogP contribution in [0.4, 0.5) is 0 Å². The summed E-state index contributed by atoms with van der Waals surface area (Å²) in [5.74, 6) is -2.93. The lowest BCUT2D eigenvalue weighted by molar-refractivity contribution is -0.150. The summed E-state index contributed by atoms with van der Waals surface area (Å²) >= 11 is 0. The molecule has 0 aromatic heterocycles. The van der Waals surface area contributed by atoms with E-state index in [-0.39, 0.29) is 11.8 Å². The van der Waals surface area contributed by atoms with Gasteiger partial charge in [-0.2, -0.15) is 0 Å². The number of rotatable bonds is 10. The zero-order chi connectivity index (χ0) is 24.7. The quantitative estimate of drug-likeness (QED) is 0.409. The average molecular weight is 461 g/mol. The van der Waals surface area contributed by atoms with E-state index in [1.165, 1.54) is 4.90 Å². The largest absolute Gasteiger partial charge is 0.480 e. The second kappa shape index (κ2) is 11.8. The van der Waals surface area contributed by atoms with Crippen molar-refractivity contribution in [3.05, 3.63) is 35.9 Å². The van der Waals surface area contributed by atoms with Gasteiger partial charge in [0.25, 0.3) is 0 Å². The molecular weight excluding hydrogens is 424 g/mol. The van der Waals surface area contributed by atoms with E-state index >= 15 is 0 Å². The van der Waals surface area contributed by atoms with Crippen LogP contribution in [0.25, 0.3) is 0 Å². The SMILES string of the molecule is CC(C)C(NC(=O)C(N)Cc1ccccc1)C(=O)NC(C(=O)N1CCCC1C(=O)O)C(C)C. The zero-order valence-electron chi connectivity index (χ0n) is 19.8. The molecule has 5 N–H and O–H groups in total. The van der Waals surface area contributed by atoms with Crippen LogP contribution in [0.1, 0.15) is 46.1 Å². The van der Waals surface area contributed by atoms with E-state index in [2.05, 4.69) is 10.6 Å². The smallest absolute Gasteiger partial charge is 0.326 e. The van der Waals surface area contributed by atoms with Crippen LogP contribution < -0.4 is 16.4 Å². The second-order valence-electron chi connectivity index (χ2n) is 9.28. The monoisotopic (exact) mass is 460 g/mol. The Morgan fingerprint density at radius 1 is 1.00 bits per heavy atom. The molecule has 9 nitrogen and oxygen atoms in total. The van der Waals surface area contributed by atoms with Gasteiger partial charge in [0.1, 0.15) is 18.1 Å². The first-order valence-corrected chi connectivity index (χ1v) is 11.5. The Morgan fingerprint density at radius 2 is 1.58 bits per heavy atom. The number of benzene rings is 1. The molecular formula is C24H36N4O5. The second-order valence-corrected chi connectivity index (χ2v) is 9.28. The third-order valence-corrected chi connectivity index (χ3v) is 5.93. The van der Waals surface area contributed by atoms with E-state index in [0.717, 1.165) is 5.56 Å². The van der Waals surface area contributed by atoms with Gasteiger partial charge in [0.2, 0.25) is 17.7 Å². The van der Waals surface area contributed by atoms with Gasteiger partial charge in [0.05, 0.1) is 6.04 Å². The number of nitrogens with one attached hydrogen (secondary N) is 2. The van der Waals surface area contributed by atoms with Crippen LogP contribution in [0.3, 0.4) is 0 Å². The van der Waals surface area contributed by atoms with Crippen LogP contribution in [0.15, 0.2) is 30.3 Å². The molecule has 0 saturated carbocycles. The lowest BCUT2D eigenvalue weighted by Crippen LogP contribution is -2.59. The number of carboxylic acids is 1. The van der Waals surface area contributed by atoms with E-state index in [0.29, 0.717) is 25.8 Å². The molecule has 9 heteroatoms. The predicted octanol–water partition coefficient (Wildman–Crippen LogP) is 0.914. The van der Waals surface area contributed by atoms with E-state index in [4.69, 9.17) is 5.73 Å². The van der Waals surface area contributed by atoms with Crippen LogP contribution in [-0.4, -0.2) is 64.4 Å². The van der Waals surface area contributed by atoms with Crippen LogP contribution in [0.2, 0.25) is 0 Å². The minimum Gasteiger partial charge on any atom is -0.480 e. The molecule has 0 aliphatic carbocycles. The van der Waals surface area contributed by atoms with Crippen molar-refractivity contribution in [2.75, 3.05) is 6.54 Å². The molecule has 1 aromatic rings. The number of amides is 3. The molecule has 1 aromatic carbocycles. The third kappa shape index (κ3) is 7.02. The number of aliphatic carboxylic acids is 1. The van der Waals surface area contributed by atoms with E-state index < -0.39 is 47.9 Å². The summed E-state index contributed by atoms with van der Waals surface area (Å²) in [6, 6.07) is 5.86. The van der Waals surface area contributed by atoms with Gasteiger partial charge in [-0.25, -0.2) is 4.79 Å². The Hall–Kier alpha value is -2.94. The average Bonchev–Trinajstić information content (AvgIpc) is 3.25. The summed E-state index contributed by atoms with van der Waals surface area (Å²) in [6.07, 6.45) is 1.33. The maximum atomic E-state index is 13.1. The van der Waals surface area contributed by atoms with Crippen LogP contribution >= 0.6 is 0 Å². The number of nitrogens with zero attached hydrogens (tertiary/aromatic N) is 1. The standard InChI is InChI=1S/C24H36N4O5/c1-14(2)19(26-21(29)17(25)13-16-9-6-5-7-10-16)22(30)27-20(15(3)4)23(31)28-12-8-11-18(28)24(32)33/h5-7,9-10,14-15,17-20H,8,11-13,25H2,1-4H3,(H,26,29)(H,27,30)(H,32,33). The van der Waals surface area contributed by atoms with Crippen molar-refractivity contribution in [3.8, 4) is 0 Å². The molecule has 1 aliphatic heterocycles. The molecule has 3 amide bonds. The van der Waals surface area contributed by atoms with Crippen molar-refractivity contribution < 1.29 is 24.3 Å². The van der Waals surface area contributed by atoms with Gasteiger partial charge in [-0.3, -0.25) is 14.4 Å². The molecule has 0 spiro atoms. The maximum absolute atomic E-state index is 13.1. The van der Waals surface area contributed by atoms with Crippen molar-refractivity contribution in [3.63, 3.8) is 0 Å². The fraction of sp³-hybridized carbons (Fsp3) is 0.583. The number of carbonyl (C=O) groups is 4. The number of nitrogens with two attached hydrogens (primary N) is 1. The highest BCUT2D eigenvalue weighted by molar-refractivity contribution is 5.94. The van der Waals surface area contributed by atoms with Crippen LogP contribution in [-0.2, 0) is 25.6 Å². The van der Waals surface area contributed by atoms with Crippen molar-refractivity contribution in [1.29, 1.82) is 0 Å². The molecule has 1 saturated heterocycles. The Morgan fingerprint density at radius 3 is 2.12 bits per heavy atom. The highest BCUT2D eigenvalue weighted by atomic mass is 16.4. The van der Waals surface area contributed by atoms with E-state index in [9.17, 15) is 24.3 Å². The van der Waals surface area contributed by atoms with Gasteiger partial charge in [-0.15, -0.1) is 0 Å². The zero-order valence-corrected chi connectivity index (χ0v) is 19.8. The van der Waals surface area contributed by atoms with Crippen molar-refractivity contribution in [2.24, 2.45) is 17.6 Å². The Bertz CT molecular complexity index is 843. The van der Waals surface area contributed by atoms with Gasteiger partial charge in [0.15, 0.2) is 0 Å². The Kier molecular flexibility index (Phi) is 9.40. The number of likely N-dealkylation sites (tertiary alicyclic amines) is 1. The fourth-order valence-electron chi connectivity index (χ4n) is 3.98. The molecule has 2 rings (SSSR count). The summed E-state index contributed by atoms with van der Waals surface area (Å²) in [6.45, 7) is 7.50. The lowest BCUT2D eigenvalue weighted by Gasteiger charge is -2.31. The minimum absolute atomic E-state index is 0.251. The molecule has 182 valence electrons. The minimum atomic E-state index is -1.05. The summed E-state index contributed by atoms with van der Waals surface area (Å²) in [5, 5.41) is 14.9. The first kappa shape index (κ1) is 26.3. The number of carboxylic acid groups (broad SMARTS) is 1. The normalized spacial score (nSPS) is 18.6. The highest BCUT2D eigenvalue weighted by Gasteiger charge is 2.39. The van der Waals surface area contributed by atoms with Gasteiger partial charge in [0, 0.05) is 6.54 Å². The number of hydrogen-bond donors (Lipinski definition) is 4. The van der Waals surface area contributed by atoms with Gasteiger partial charge < -0.3 is 26.4 Å². The number of hydrogen-bond acceptors (Lipinski definition) is 5. The van der Waals surface area contributed by atoms with Gasteiger partial charge in [-0.1, -0.05) is 58.0 Å². The summed E-state index contributed by atoms with van der Waals surface area (Å²) in [4.78, 5) is 51.7. The molecule has 1 fully saturated rings. The van der Waals surface area contributed by atoms with Crippen molar-refractivity contribution in [1.82, 2.24) is 15.5 Å².